The molecule has 1 aliphatic heterocycles. The number of pyridine rings is 1. The molecule has 104 valence electrons. The minimum absolute atomic E-state index is 0.0178. The Kier molecular flexibility index (Phi) is 4.87. The number of rotatable bonds is 5. The van der Waals surface area contributed by atoms with Crippen molar-refractivity contribution in [3.8, 4) is 0 Å². The largest absolute Gasteiger partial charge is 0.396 e. The number of nitrogens with zero attached hydrogens (tertiary/aromatic N) is 2. The zero-order valence-electron chi connectivity index (χ0n) is 11.2. The molecule has 0 spiro atoms. The van der Waals surface area contributed by atoms with E-state index in [0.717, 1.165) is 26.1 Å². The van der Waals surface area contributed by atoms with E-state index in [-0.39, 0.29) is 24.5 Å². The summed E-state index contributed by atoms with van der Waals surface area (Å²) in [6.07, 6.45) is 4.29. The van der Waals surface area contributed by atoms with Crippen LogP contribution in [0.5, 0.6) is 0 Å². The van der Waals surface area contributed by atoms with Gasteiger partial charge in [-0.3, -0.25) is 9.78 Å². The maximum atomic E-state index is 12.1. The predicted octanol–water partition coefficient (Wildman–Crippen LogP) is 0.514. The molecule has 19 heavy (non-hydrogen) atoms. The SMILES string of the molecule is CCCN1C[C@@H](CO)[C@H](NC(=O)c2cccnc2)C1. The van der Waals surface area contributed by atoms with Gasteiger partial charge in [0, 0.05) is 44.0 Å². The van der Waals surface area contributed by atoms with E-state index >= 15 is 0 Å². The highest BCUT2D eigenvalue weighted by Gasteiger charge is 2.32. The zero-order chi connectivity index (χ0) is 13.7. The molecule has 1 amide bonds. The highest BCUT2D eigenvalue weighted by atomic mass is 16.3. The average molecular weight is 263 g/mol. The number of hydrogen-bond acceptors (Lipinski definition) is 4. The summed E-state index contributed by atoms with van der Waals surface area (Å²) in [6.45, 7) is 4.91. The lowest BCUT2D eigenvalue weighted by Crippen LogP contribution is -2.41. The number of hydrogen-bond donors (Lipinski definition) is 2. The van der Waals surface area contributed by atoms with Gasteiger partial charge in [-0.15, -0.1) is 0 Å². The molecule has 0 radical (unpaired) electrons. The number of carbonyl (C=O) groups excluding carboxylic acids is 1. The van der Waals surface area contributed by atoms with E-state index < -0.39 is 0 Å². The summed E-state index contributed by atoms with van der Waals surface area (Å²) in [7, 11) is 0. The van der Waals surface area contributed by atoms with E-state index in [1.54, 1.807) is 24.5 Å². The number of nitrogens with one attached hydrogen (secondary N) is 1. The van der Waals surface area contributed by atoms with Crippen molar-refractivity contribution in [1.29, 1.82) is 0 Å². The summed E-state index contributed by atoms with van der Waals surface area (Å²) < 4.78 is 0. The van der Waals surface area contributed by atoms with Crippen LogP contribution in [0.15, 0.2) is 24.5 Å². The summed E-state index contributed by atoms with van der Waals surface area (Å²) >= 11 is 0. The Morgan fingerprint density at radius 3 is 3.05 bits per heavy atom. The lowest BCUT2D eigenvalue weighted by molar-refractivity contribution is 0.0921. The van der Waals surface area contributed by atoms with Crippen LogP contribution in [0.25, 0.3) is 0 Å². The van der Waals surface area contributed by atoms with Gasteiger partial charge in [0.2, 0.25) is 0 Å². The highest BCUT2D eigenvalue weighted by Crippen LogP contribution is 2.17. The number of aliphatic hydroxyl groups is 1. The molecular weight excluding hydrogens is 242 g/mol. The van der Waals surface area contributed by atoms with Crippen LogP contribution in [0.3, 0.4) is 0 Å². The Morgan fingerprint density at radius 1 is 1.58 bits per heavy atom. The normalized spacial score (nSPS) is 23.5. The summed E-state index contributed by atoms with van der Waals surface area (Å²) in [5.74, 6) is 0.00192. The third-order valence-corrected chi connectivity index (χ3v) is 3.53. The zero-order valence-corrected chi connectivity index (χ0v) is 11.2. The average Bonchev–Trinajstić information content (AvgIpc) is 2.82. The molecule has 2 heterocycles. The molecule has 1 aromatic rings. The molecule has 5 heteroatoms. The second-order valence-corrected chi connectivity index (χ2v) is 5.02. The van der Waals surface area contributed by atoms with E-state index in [4.69, 9.17) is 0 Å². The Balaban J connectivity index is 1.96. The lowest BCUT2D eigenvalue weighted by Gasteiger charge is -2.18. The van der Waals surface area contributed by atoms with Crippen molar-refractivity contribution in [3.05, 3.63) is 30.1 Å². The van der Waals surface area contributed by atoms with Crippen molar-refractivity contribution in [2.75, 3.05) is 26.2 Å². The maximum absolute atomic E-state index is 12.1. The van der Waals surface area contributed by atoms with Crippen LogP contribution in [0.4, 0.5) is 0 Å². The van der Waals surface area contributed by atoms with Gasteiger partial charge < -0.3 is 15.3 Å². The molecule has 0 aromatic carbocycles. The molecule has 0 aliphatic carbocycles. The minimum Gasteiger partial charge on any atom is -0.396 e. The van der Waals surface area contributed by atoms with Crippen LogP contribution < -0.4 is 5.32 Å². The molecule has 2 N–H and O–H groups in total. The first-order valence-electron chi connectivity index (χ1n) is 6.78. The van der Waals surface area contributed by atoms with Gasteiger partial charge in [0.15, 0.2) is 0 Å². The quantitative estimate of drug-likeness (QED) is 0.812. The van der Waals surface area contributed by atoms with Gasteiger partial charge in [0.25, 0.3) is 5.91 Å². The molecular formula is C14H21N3O2. The number of aliphatic hydroxyl groups excluding tert-OH is 1. The molecule has 0 unspecified atom stereocenters. The fraction of sp³-hybridized carbons (Fsp3) is 0.571. The van der Waals surface area contributed by atoms with E-state index in [1.165, 1.54) is 0 Å². The van der Waals surface area contributed by atoms with Crippen LogP contribution in [0.1, 0.15) is 23.7 Å². The number of aromatic nitrogens is 1. The molecule has 1 saturated heterocycles. The first kappa shape index (κ1) is 14.0. The van der Waals surface area contributed by atoms with E-state index in [1.807, 2.05) is 0 Å². The molecule has 1 aromatic heterocycles. The van der Waals surface area contributed by atoms with Gasteiger partial charge in [-0.2, -0.15) is 0 Å². The molecule has 1 aliphatic rings. The standard InChI is InChI=1S/C14H21N3O2/c1-2-6-17-8-12(10-18)13(9-17)16-14(19)11-4-3-5-15-7-11/h3-5,7,12-13,18H,2,6,8-10H2,1H3,(H,16,19)/t12-,13+/m0/s1. The van der Waals surface area contributed by atoms with E-state index in [9.17, 15) is 9.90 Å². The molecule has 2 atom stereocenters. The third-order valence-electron chi connectivity index (χ3n) is 3.53. The first-order valence-corrected chi connectivity index (χ1v) is 6.78. The summed E-state index contributed by atoms with van der Waals surface area (Å²) in [4.78, 5) is 18.3. The molecule has 1 fully saturated rings. The second-order valence-electron chi connectivity index (χ2n) is 5.02. The number of carbonyl (C=O) groups is 1. The molecule has 0 saturated carbocycles. The van der Waals surface area contributed by atoms with Gasteiger partial charge in [0.05, 0.1) is 5.56 Å². The van der Waals surface area contributed by atoms with Gasteiger partial charge in [-0.1, -0.05) is 6.92 Å². The first-order chi connectivity index (χ1) is 9.24. The van der Waals surface area contributed by atoms with Gasteiger partial charge in [-0.25, -0.2) is 0 Å². The van der Waals surface area contributed by atoms with Crippen LogP contribution in [0, 0.1) is 5.92 Å². The Labute approximate surface area is 113 Å². The van der Waals surface area contributed by atoms with Crippen molar-refractivity contribution in [3.63, 3.8) is 0 Å². The highest BCUT2D eigenvalue weighted by molar-refractivity contribution is 5.94. The maximum Gasteiger partial charge on any atom is 0.253 e. The van der Waals surface area contributed by atoms with Crippen molar-refractivity contribution in [2.24, 2.45) is 5.92 Å². The van der Waals surface area contributed by atoms with Crippen molar-refractivity contribution >= 4 is 5.91 Å². The van der Waals surface area contributed by atoms with Gasteiger partial charge >= 0.3 is 0 Å². The molecule has 0 bridgehead atoms. The summed E-state index contributed by atoms with van der Waals surface area (Å²) in [6, 6.07) is 3.51. The lowest BCUT2D eigenvalue weighted by atomic mass is 10.0. The van der Waals surface area contributed by atoms with Crippen LogP contribution >= 0.6 is 0 Å². The molecule has 2 rings (SSSR count). The Bertz CT molecular complexity index is 410. The Hall–Kier alpha value is -1.46. The number of likely N-dealkylation sites (tertiary alicyclic amines) is 1. The van der Waals surface area contributed by atoms with Crippen molar-refractivity contribution in [1.82, 2.24) is 15.2 Å². The molecule has 5 nitrogen and oxygen atoms in total. The fourth-order valence-electron chi connectivity index (χ4n) is 2.56. The second kappa shape index (κ2) is 6.63. The van der Waals surface area contributed by atoms with Gasteiger partial charge in [-0.05, 0) is 25.1 Å². The smallest absolute Gasteiger partial charge is 0.253 e. The van der Waals surface area contributed by atoms with Crippen LogP contribution in [-0.2, 0) is 0 Å². The van der Waals surface area contributed by atoms with Crippen LogP contribution in [-0.4, -0.2) is 53.2 Å². The fourth-order valence-corrected chi connectivity index (χ4v) is 2.56. The summed E-state index contributed by atoms with van der Waals surface area (Å²) in [5.41, 5.74) is 0.563. The number of amides is 1. The van der Waals surface area contributed by atoms with Crippen molar-refractivity contribution in [2.45, 2.75) is 19.4 Å². The van der Waals surface area contributed by atoms with E-state index in [0.29, 0.717) is 5.56 Å². The minimum atomic E-state index is -0.116. The van der Waals surface area contributed by atoms with Crippen molar-refractivity contribution < 1.29 is 9.90 Å². The topological polar surface area (TPSA) is 65.5 Å². The Morgan fingerprint density at radius 2 is 2.42 bits per heavy atom. The monoisotopic (exact) mass is 263 g/mol. The summed E-state index contributed by atoms with van der Waals surface area (Å²) in [5, 5.41) is 12.4. The third kappa shape index (κ3) is 3.52. The van der Waals surface area contributed by atoms with E-state index in [2.05, 4.69) is 22.1 Å². The predicted molar refractivity (Wildman–Crippen MR) is 72.8 cm³/mol. The van der Waals surface area contributed by atoms with Gasteiger partial charge in [0.1, 0.15) is 0 Å². The van der Waals surface area contributed by atoms with Crippen LogP contribution in [0.2, 0.25) is 0 Å².